The Hall–Kier alpha value is -3.35. The van der Waals surface area contributed by atoms with E-state index in [1.54, 1.807) is 0 Å². The first-order chi connectivity index (χ1) is 14.8. The van der Waals surface area contributed by atoms with Gasteiger partial charge in [0.05, 0.1) is 7.11 Å². The van der Waals surface area contributed by atoms with Gasteiger partial charge < -0.3 is 19.1 Å². The molecule has 0 spiro atoms. The number of fused-ring (bicyclic) bond motifs is 1. The average Bonchev–Trinajstić information content (AvgIpc) is 2.75. The van der Waals surface area contributed by atoms with E-state index in [1.807, 2.05) is 57.2 Å². The first-order valence-corrected chi connectivity index (χ1v) is 10.1. The van der Waals surface area contributed by atoms with Crippen molar-refractivity contribution in [2.45, 2.75) is 39.8 Å². The second-order valence-corrected chi connectivity index (χ2v) is 7.71. The highest BCUT2D eigenvalue weighted by Crippen LogP contribution is 2.25. The number of hydrogen-bond donors (Lipinski definition) is 0. The van der Waals surface area contributed by atoms with E-state index in [-0.39, 0.29) is 13.2 Å². The number of methoxy groups -OCH3 is 1. The van der Waals surface area contributed by atoms with Crippen LogP contribution in [0.2, 0.25) is 0 Å². The van der Waals surface area contributed by atoms with Crippen molar-refractivity contribution in [3.05, 3.63) is 64.2 Å². The molecule has 0 aliphatic carbocycles. The topological polar surface area (TPSA) is 82.1 Å². The molecule has 1 atom stereocenters. The van der Waals surface area contributed by atoms with E-state index in [0.717, 1.165) is 27.8 Å². The molecule has 1 amide bonds. The maximum atomic E-state index is 12.8. The molecule has 3 rings (SSSR count). The normalized spacial score (nSPS) is 15.1. The SMILES string of the molecule is COC(=O)[C@H]1Cc2ccccc2CN1C(=O)COC(=O)COc1c(C)cc(C)cc1C. The van der Waals surface area contributed by atoms with Crippen LogP contribution < -0.4 is 4.74 Å². The van der Waals surface area contributed by atoms with E-state index in [2.05, 4.69) is 0 Å². The fraction of sp³-hybridized carbons (Fsp3) is 0.375. The van der Waals surface area contributed by atoms with Crippen LogP contribution in [0.4, 0.5) is 0 Å². The second-order valence-electron chi connectivity index (χ2n) is 7.71. The number of carbonyl (C=O) groups is 3. The van der Waals surface area contributed by atoms with Gasteiger partial charge in [-0.1, -0.05) is 42.0 Å². The Morgan fingerprint density at radius 3 is 2.29 bits per heavy atom. The molecule has 0 aromatic heterocycles. The Kier molecular flexibility index (Phi) is 6.95. The van der Waals surface area contributed by atoms with Crippen molar-refractivity contribution in [2.75, 3.05) is 20.3 Å². The zero-order valence-corrected chi connectivity index (χ0v) is 18.3. The molecule has 1 heterocycles. The fourth-order valence-corrected chi connectivity index (χ4v) is 3.92. The number of amides is 1. The number of carbonyl (C=O) groups excluding carboxylic acids is 3. The first kappa shape index (κ1) is 22.3. The Labute approximate surface area is 181 Å². The molecule has 0 saturated carbocycles. The smallest absolute Gasteiger partial charge is 0.344 e. The Morgan fingerprint density at radius 1 is 1.00 bits per heavy atom. The summed E-state index contributed by atoms with van der Waals surface area (Å²) in [5.74, 6) is -0.976. The van der Waals surface area contributed by atoms with Crippen molar-refractivity contribution >= 4 is 17.8 Å². The lowest BCUT2D eigenvalue weighted by atomic mass is 9.94. The number of esters is 2. The molecule has 7 nitrogen and oxygen atoms in total. The van der Waals surface area contributed by atoms with E-state index in [1.165, 1.54) is 12.0 Å². The zero-order valence-electron chi connectivity index (χ0n) is 18.3. The minimum absolute atomic E-state index is 0.255. The van der Waals surface area contributed by atoms with Crippen molar-refractivity contribution in [3.63, 3.8) is 0 Å². The van der Waals surface area contributed by atoms with Gasteiger partial charge in [0.2, 0.25) is 0 Å². The van der Waals surface area contributed by atoms with Crippen LogP contribution in [0.15, 0.2) is 36.4 Å². The van der Waals surface area contributed by atoms with E-state index < -0.39 is 30.5 Å². The van der Waals surface area contributed by atoms with Crippen molar-refractivity contribution < 1.29 is 28.6 Å². The Morgan fingerprint density at radius 2 is 1.65 bits per heavy atom. The first-order valence-electron chi connectivity index (χ1n) is 10.1. The van der Waals surface area contributed by atoms with Gasteiger partial charge in [-0.05, 0) is 43.0 Å². The van der Waals surface area contributed by atoms with Crippen LogP contribution in [0, 0.1) is 20.8 Å². The maximum absolute atomic E-state index is 12.8. The Balaban J connectivity index is 1.60. The molecule has 1 aliphatic heterocycles. The standard InChI is InChI=1S/C24H27NO6/c1-15-9-16(2)23(17(3)10-15)31-14-22(27)30-13-21(26)25-12-19-8-6-5-7-18(19)11-20(25)24(28)29-4/h5-10,20H,11-14H2,1-4H3/t20-/m1/s1. The molecule has 1 aliphatic rings. The minimum Gasteiger partial charge on any atom is -0.481 e. The second kappa shape index (κ2) is 9.64. The van der Waals surface area contributed by atoms with Crippen LogP contribution in [0.3, 0.4) is 0 Å². The summed E-state index contributed by atoms with van der Waals surface area (Å²) in [6.07, 6.45) is 0.359. The van der Waals surface area contributed by atoms with E-state index >= 15 is 0 Å². The van der Waals surface area contributed by atoms with E-state index in [9.17, 15) is 14.4 Å². The van der Waals surface area contributed by atoms with E-state index in [0.29, 0.717) is 12.2 Å². The molecular formula is C24H27NO6. The number of nitrogens with zero attached hydrogens (tertiary/aromatic N) is 1. The van der Waals surface area contributed by atoms with Crippen molar-refractivity contribution in [3.8, 4) is 5.75 Å². The predicted octanol–water partition coefficient (Wildman–Crippen LogP) is 2.66. The predicted molar refractivity (Wildman–Crippen MR) is 114 cm³/mol. The van der Waals surface area contributed by atoms with Crippen LogP contribution in [-0.2, 0) is 36.8 Å². The van der Waals surface area contributed by atoms with Crippen molar-refractivity contribution in [1.82, 2.24) is 4.90 Å². The zero-order chi connectivity index (χ0) is 22.5. The summed E-state index contributed by atoms with van der Waals surface area (Å²) in [5.41, 5.74) is 4.91. The minimum atomic E-state index is -0.750. The highest BCUT2D eigenvalue weighted by molar-refractivity contribution is 5.87. The van der Waals surface area contributed by atoms with Gasteiger partial charge in [-0.25, -0.2) is 9.59 Å². The van der Waals surface area contributed by atoms with Gasteiger partial charge in [0.25, 0.3) is 5.91 Å². The van der Waals surface area contributed by atoms with Crippen LogP contribution >= 0.6 is 0 Å². The number of hydrogen-bond acceptors (Lipinski definition) is 6. The lowest BCUT2D eigenvalue weighted by molar-refractivity contribution is -0.160. The molecule has 2 aromatic carbocycles. The largest absolute Gasteiger partial charge is 0.481 e. The quantitative estimate of drug-likeness (QED) is 0.662. The average molecular weight is 425 g/mol. The number of benzene rings is 2. The summed E-state index contributed by atoms with van der Waals surface area (Å²) >= 11 is 0. The molecular weight excluding hydrogens is 398 g/mol. The van der Waals surface area contributed by atoms with Gasteiger partial charge in [0.15, 0.2) is 13.2 Å². The lowest BCUT2D eigenvalue weighted by Gasteiger charge is -2.35. The summed E-state index contributed by atoms with van der Waals surface area (Å²) in [6, 6.07) is 10.8. The molecule has 31 heavy (non-hydrogen) atoms. The van der Waals surface area contributed by atoms with Crippen LogP contribution in [0.1, 0.15) is 27.8 Å². The van der Waals surface area contributed by atoms with Crippen LogP contribution in [0.5, 0.6) is 5.75 Å². The number of rotatable bonds is 6. The summed E-state index contributed by atoms with van der Waals surface area (Å²) in [6.45, 7) is 5.29. The van der Waals surface area contributed by atoms with Crippen molar-refractivity contribution in [2.24, 2.45) is 0 Å². The van der Waals surface area contributed by atoms with E-state index in [4.69, 9.17) is 14.2 Å². The molecule has 0 N–H and O–H groups in total. The van der Waals surface area contributed by atoms with Gasteiger partial charge in [-0.3, -0.25) is 4.79 Å². The molecule has 2 aromatic rings. The molecule has 0 fully saturated rings. The number of ether oxygens (including phenoxy) is 3. The van der Waals surface area contributed by atoms with Crippen LogP contribution in [0.25, 0.3) is 0 Å². The Bertz CT molecular complexity index is 976. The summed E-state index contributed by atoms with van der Waals surface area (Å²) < 4.78 is 15.6. The number of aryl methyl sites for hydroxylation is 3. The van der Waals surface area contributed by atoms with Gasteiger partial charge in [-0.2, -0.15) is 0 Å². The molecule has 0 bridgehead atoms. The monoisotopic (exact) mass is 425 g/mol. The summed E-state index contributed by atoms with van der Waals surface area (Å²) in [7, 11) is 1.29. The van der Waals surface area contributed by atoms with Gasteiger partial charge in [0, 0.05) is 13.0 Å². The molecule has 7 heteroatoms. The van der Waals surface area contributed by atoms with Gasteiger partial charge in [0.1, 0.15) is 11.8 Å². The van der Waals surface area contributed by atoms with Gasteiger partial charge >= 0.3 is 11.9 Å². The summed E-state index contributed by atoms with van der Waals surface area (Å²) in [4.78, 5) is 38.5. The lowest BCUT2D eigenvalue weighted by Crippen LogP contribution is -2.50. The third kappa shape index (κ3) is 5.23. The highest BCUT2D eigenvalue weighted by atomic mass is 16.6. The third-order valence-corrected chi connectivity index (χ3v) is 5.34. The third-order valence-electron chi connectivity index (χ3n) is 5.34. The molecule has 0 unspecified atom stereocenters. The highest BCUT2D eigenvalue weighted by Gasteiger charge is 2.35. The fourth-order valence-electron chi connectivity index (χ4n) is 3.92. The van der Waals surface area contributed by atoms with Gasteiger partial charge in [-0.15, -0.1) is 0 Å². The maximum Gasteiger partial charge on any atom is 0.344 e. The summed E-state index contributed by atoms with van der Waals surface area (Å²) in [5, 5.41) is 0. The molecule has 0 saturated heterocycles. The molecule has 0 radical (unpaired) electrons. The van der Waals surface area contributed by atoms with Crippen LogP contribution in [-0.4, -0.2) is 49.1 Å². The molecule has 164 valence electrons. The van der Waals surface area contributed by atoms with Crippen molar-refractivity contribution in [1.29, 1.82) is 0 Å².